The average Bonchev–Trinajstić information content (AvgIpc) is 3.33. The number of amides is 1. The molecule has 0 saturated heterocycles. The highest BCUT2D eigenvalue weighted by molar-refractivity contribution is 5.83. The molecule has 10 heteroatoms. The number of rotatable bonds is 7. The number of nitrogens with zero attached hydrogens (tertiary/aromatic N) is 3. The van der Waals surface area contributed by atoms with Crippen molar-refractivity contribution in [2.24, 2.45) is 0 Å². The van der Waals surface area contributed by atoms with E-state index in [9.17, 15) is 4.79 Å². The van der Waals surface area contributed by atoms with Crippen LogP contribution in [0.5, 0.6) is 5.75 Å². The smallest absolute Gasteiger partial charge is 0.262 e. The molecule has 170 valence electrons. The van der Waals surface area contributed by atoms with Gasteiger partial charge in [0.25, 0.3) is 5.91 Å². The van der Waals surface area contributed by atoms with Gasteiger partial charge in [-0.1, -0.05) is 12.1 Å². The van der Waals surface area contributed by atoms with E-state index >= 15 is 0 Å². The van der Waals surface area contributed by atoms with Crippen molar-refractivity contribution < 1.29 is 9.53 Å². The maximum Gasteiger partial charge on any atom is 0.262 e. The van der Waals surface area contributed by atoms with Gasteiger partial charge in [0, 0.05) is 40.8 Å². The van der Waals surface area contributed by atoms with Gasteiger partial charge in [-0.05, 0) is 43.3 Å². The second-order valence-electron chi connectivity index (χ2n) is 7.61. The van der Waals surface area contributed by atoms with E-state index in [-0.39, 0.29) is 12.5 Å². The van der Waals surface area contributed by atoms with Crippen molar-refractivity contribution in [3.63, 3.8) is 0 Å². The first-order valence-corrected chi connectivity index (χ1v) is 10.6. The van der Waals surface area contributed by atoms with E-state index < -0.39 is 0 Å². The number of nitrogens with one attached hydrogen (secondary N) is 5. The molecule has 5 rings (SSSR count). The standard InChI is InChI=1S/C24H22N8O2/c1-15-11-25-24(31-23(15)30-18-5-6-21-17(9-18)12-28-32-21)16-3-2-4-20(10-16)34-14-22(33)29-19-7-8-26-27-13-19/h2-13,26-27H,14H2,1H3,(H,28,32)(H,29,33)(H,25,30,31). The first kappa shape index (κ1) is 21.0. The summed E-state index contributed by atoms with van der Waals surface area (Å²) in [4.78, 5) is 21.3. The third-order valence-electron chi connectivity index (χ3n) is 5.08. The Bertz CT molecular complexity index is 1410. The number of carbonyl (C=O) groups is 1. The Hall–Kier alpha value is -4.86. The topological polar surface area (TPSA) is 129 Å². The van der Waals surface area contributed by atoms with Crippen molar-refractivity contribution in [2.75, 3.05) is 11.9 Å². The molecule has 10 nitrogen and oxygen atoms in total. The van der Waals surface area contributed by atoms with Crippen LogP contribution in [-0.2, 0) is 4.79 Å². The normalized spacial score (nSPS) is 12.4. The van der Waals surface area contributed by atoms with Gasteiger partial charge >= 0.3 is 0 Å². The van der Waals surface area contributed by atoms with E-state index in [0.29, 0.717) is 23.1 Å². The number of hydrogen-bond donors (Lipinski definition) is 5. The second-order valence-corrected chi connectivity index (χ2v) is 7.61. The number of aryl methyl sites for hydroxylation is 1. The number of carbonyl (C=O) groups excluding carboxylic acids is 1. The zero-order valence-corrected chi connectivity index (χ0v) is 18.3. The van der Waals surface area contributed by atoms with Crippen LogP contribution in [-0.4, -0.2) is 32.7 Å². The Kier molecular flexibility index (Phi) is 5.76. The minimum atomic E-state index is -0.266. The summed E-state index contributed by atoms with van der Waals surface area (Å²) in [7, 11) is 0. The van der Waals surface area contributed by atoms with E-state index in [4.69, 9.17) is 9.72 Å². The van der Waals surface area contributed by atoms with Gasteiger partial charge in [0.2, 0.25) is 0 Å². The van der Waals surface area contributed by atoms with Crippen LogP contribution in [0.4, 0.5) is 11.5 Å². The summed E-state index contributed by atoms with van der Waals surface area (Å²) < 4.78 is 5.67. The van der Waals surface area contributed by atoms with E-state index in [1.807, 2.05) is 43.3 Å². The van der Waals surface area contributed by atoms with Gasteiger partial charge < -0.3 is 26.2 Å². The molecule has 0 radical (unpaired) electrons. The summed E-state index contributed by atoms with van der Waals surface area (Å²) in [5, 5.41) is 14.1. The highest BCUT2D eigenvalue weighted by Crippen LogP contribution is 2.26. The molecule has 0 bridgehead atoms. The van der Waals surface area contributed by atoms with Gasteiger partial charge in [-0.25, -0.2) is 9.97 Å². The van der Waals surface area contributed by atoms with Crippen molar-refractivity contribution in [2.45, 2.75) is 6.92 Å². The lowest BCUT2D eigenvalue weighted by atomic mass is 10.2. The van der Waals surface area contributed by atoms with E-state index in [1.165, 1.54) is 0 Å². The number of ether oxygens (including phenoxy) is 1. The number of H-pyrrole nitrogens is 1. The highest BCUT2D eigenvalue weighted by Gasteiger charge is 2.10. The number of aromatic nitrogens is 4. The Balaban J connectivity index is 1.29. The molecule has 34 heavy (non-hydrogen) atoms. The SMILES string of the molecule is Cc1cnc(-c2cccc(OCC(=O)NC3=CNNC=C3)c2)nc1Nc1ccc2[nH]ncc2c1. The number of aromatic amines is 1. The zero-order chi connectivity index (χ0) is 23.3. The molecule has 0 atom stereocenters. The molecule has 0 aliphatic carbocycles. The van der Waals surface area contributed by atoms with E-state index in [0.717, 1.165) is 27.7 Å². The summed E-state index contributed by atoms with van der Waals surface area (Å²) in [5.41, 5.74) is 9.78. The van der Waals surface area contributed by atoms with Gasteiger partial charge in [-0.15, -0.1) is 0 Å². The lowest BCUT2D eigenvalue weighted by molar-refractivity contribution is -0.122. The molecule has 3 heterocycles. The predicted octanol–water partition coefficient (Wildman–Crippen LogP) is 3.03. The number of hydrogen-bond acceptors (Lipinski definition) is 8. The molecular weight excluding hydrogens is 432 g/mol. The largest absolute Gasteiger partial charge is 0.484 e. The monoisotopic (exact) mass is 454 g/mol. The molecule has 2 aromatic carbocycles. The number of fused-ring (bicyclic) bond motifs is 1. The maximum absolute atomic E-state index is 12.2. The average molecular weight is 454 g/mol. The Morgan fingerprint density at radius 2 is 2.06 bits per heavy atom. The summed E-state index contributed by atoms with van der Waals surface area (Å²) in [6, 6.07) is 13.3. The van der Waals surface area contributed by atoms with Gasteiger partial charge in [0.1, 0.15) is 11.6 Å². The predicted molar refractivity (Wildman–Crippen MR) is 129 cm³/mol. The lowest BCUT2D eigenvalue weighted by Gasteiger charge is -2.13. The molecule has 0 unspecified atom stereocenters. The number of anilines is 2. The minimum Gasteiger partial charge on any atom is -0.484 e. The van der Waals surface area contributed by atoms with Gasteiger partial charge in [0.15, 0.2) is 12.4 Å². The molecule has 2 aromatic heterocycles. The molecule has 4 aromatic rings. The fraction of sp³-hybridized carbons (Fsp3) is 0.0833. The summed E-state index contributed by atoms with van der Waals surface area (Å²) in [6.07, 6.45) is 8.62. The Morgan fingerprint density at radius 3 is 2.94 bits per heavy atom. The third-order valence-corrected chi connectivity index (χ3v) is 5.08. The van der Waals surface area contributed by atoms with Crippen LogP contribution in [0.2, 0.25) is 0 Å². The molecule has 0 saturated carbocycles. The van der Waals surface area contributed by atoms with Crippen LogP contribution in [0.3, 0.4) is 0 Å². The maximum atomic E-state index is 12.2. The summed E-state index contributed by atoms with van der Waals surface area (Å²) >= 11 is 0. The van der Waals surface area contributed by atoms with Crippen LogP contribution in [0, 0.1) is 6.92 Å². The van der Waals surface area contributed by atoms with E-state index in [1.54, 1.807) is 36.9 Å². The van der Waals surface area contributed by atoms with Crippen molar-refractivity contribution in [3.05, 3.63) is 84.6 Å². The Labute approximate surface area is 195 Å². The molecule has 1 aliphatic rings. The van der Waals surface area contributed by atoms with Crippen molar-refractivity contribution >= 4 is 28.3 Å². The quantitative estimate of drug-likeness (QED) is 0.288. The van der Waals surface area contributed by atoms with Crippen LogP contribution in [0.1, 0.15) is 5.56 Å². The first-order chi connectivity index (χ1) is 16.6. The molecule has 1 aliphatic heterocycles. The molecule has 0 fully saturated rings. The van der Waals surface area contributed by atoms with Crippen LogP contribution < -0.4 is 26.2 Å². The second kappa shape index (κ2) is 9.33. The van der Waals surface area contributed by atoms with Crippen LogP contribution >= 0.6 is 0 Å². The fourth-order valence-electron chi connectivity index (χ4n) is 3.36. The van der Waals surface area contributed by atoms with E-state index in [2.05, 4.69) is 36.7 Å². The molecular formula is C24H22N8O2. The first-order valence-electron chi connectivity index (χ1n) is 10.6. The molecule has 1 amide bonds. The fourth-order valence-corrected chi connectivity index (χ4v) is 3.36. The Morgan fingerprint density at radius 1 is 1.12 bits per heavy atom. The summed E-state index contributed by atoms with van der Waals surface area (Å²) in [5.74, 6) is 1.53. The lowest BCUT2D eigenvalue weighted by Crippen LogP contribution is -2.32. The molecule has 0 spiro atoms. The highest BCUT2D eigenvalue weighted by atomic mass is 16.5. The van der Waals surface area contributed by atoms with Gasteiger partial charge in [-0.3, -0.25) is 9.89 Å². The molecule has 5 N–H and O–H groups in total. The number of benzene rings is 2. The third kappa shape index (κ3) is 4.80. The summed E-state index contributed by atoms with van der Waals surface area (Å²) in [6.45, 7) is 1.82. The van der Waals surface area contributed by atoms with Crippen molar-refractivity contribution in [3.8, 4) is 17.1 Å². The van der Waals surface area contributed by atoms with Gasteiger partial charge in [0.05, 0.1) is 17.4 Å². The number of hydrazine groups is 1. The minimum absolute atomic E-state index is 0.125. The van der Waals surface area contributed by atoms with Gasteiger partial charge in [-0.2, -0.15) is 5.10 Å². The van der Waals surface area contributed by atoms with Crippen molar-refractivity contribution in [1.82, 2.24) is 36.3 Å². The number of allylic oxidation sites excluding steroid dienone is 1. The van der Waals surface area contributed by atoms with Crippen LogP contribution in [0.15, 0.2) is 79.0 Å². The van der Waals surface area contributed by atoms with Crippen molar-refractivity contribution in [1.29, 1.82) is 0 Å². The zero-order valence-electron chi connectivity index (χ0n) is 18.3. The van der Waals surface area contributed by atoms with Crippen LogP contribution in [0.25, 0.3) is 22.3 Å².